The number of carbonyl (C=O) groups excluding carboxylic acids is 2. The number of hydrogen-bond donors (Lipinski definition) is 0. The Labute approximate surface area is 140 Å². The van der Waals surface area contributed by atoms with E-state index in [0.717, 1.165) is 22.9 Å². The first kappa shape index (κ1) is 15.9. The van der Waals surface area contributed by atoms with E-state index in [9.17, 15) is 9.59 Å². The van der Waals surface area contributed by atoms with Crippen molar-refractivity contribution in [1.29, 1.82) is 0 Å². The van der Waals surface area contributed by atoms with E-state index in [1.54, 1.807) is 30.5 Å². The Morgan fingerprint density at radius 1 is 1.12 bits per heavy atom. The van der Waals surface area contributed by atoms with Gasteiger partial charge in [0.1, 0.15) is 0 Å². The molecule has 5 heteroatoms. The lowest BCUT2D eigenvalue weighted by molar-refractivity contribution is 0.0798. The maximum atomic E-state index is 12.8. The summed E-state index contributed by atoms with van der Waals surface area (Å²) in [6.07, 6.45) is 5.89. The third-order valence-corrected chi connectivity index (χ3v) is 4.11. The molecule has 3 rings (SSSR count). The van der Waals surface area contributed by atoms with Gasteiger partial charge in [0.05, 0.1) is 11.1 Å². The van der Waals surface area contributed by atoms with Crippen molar-refractivity contribution in [3.8, 4) is 0 Å². The molecule has 1 amide bonds. The number of likely N-dealkylation sites (N-methyl/N-ethyl adjacent to an activating group) is 1. The second-order valence-electron chi connectivity index (χ2n) is 5.78. The van der Waals surface area contributed by atoms with Crippen molar-refractivity contribution in [2.24, 2.45) is 0 Å². The maximum Gasteiger partial charge on any atom is 0.255 e. The lowest BCUT2D eigenvalue weighted by Crippen LogP contribution is -2.28. The number of amides is 1. The lowest BCUT2D eigenvalue weighted by atomic mass is 10.1. The van der Waals surface area contributed by atoms with Gasteiger partial charge in [0.2, 0.25) is 5.91 Å². The highest BCUT2D eigenvalue weighted by molar-refractivity contribution is 6.09. The van der Waals surface area contributed by atoms with Crippen LogP contribution < -0.4 is 0 Å². The summed E-state index contributed by atoms with van der Waals surface area (Å²) in [5, 5.41) is 0.800. The molecule has 1 aromatic carbocycles. The van der Waals surface area contributed by atoms with Gasteiger partial charge in [-0.3, -0.25) is 19.1 Å². The van der Waals surface area contributed by atoms with Crippen molar-refractivity contribution < 1.29 is 9.59 Å². The van der Waals surface area contributed by atoms with Crippen molar-refractivity contribution in [3.05, 3.63) is 66.1 Å². The Balaban J connectivity index is 1.84. The minimum absolute atomic E-state index is 0.0831. The fourth-order valence-corrected chi connectivity index (χ4v) is 2.76. The number of hydrogen-bond acceptors (Lipinski definition) is 3. The van der Waals surface area contributed by atoms with Crippen LogP contribution in [0.4, 0.5) is 0 Å². The number of fused-ring (bicyclic) bond motifs is 1. The Bertz CT molecular complexity index is 884. The zero-order valence-electron chi connectivity index (χ0n) is 13.8. The molecule has 0 aliphatic carbocycles. The molecule has 0 fully saturated rings. The summed E-state index contributed by atoms with van der Waals surface area (Å²) in [4.78, 5) is 30.3. The van der Waals surface area contributed by atoms with Crippen LogP contribution >= 0.6 is 0 Å². The van der Waals surface area contributed by atoms with Crippen LogP contribution in [-0.4, -0.2) is 39.9 Å². The molecule has 3 aromatic rings. The van der Waals surface area contributed by atoms with Crippen molar-refractivity contribution >= 4 is 22.7 Å². The van der Waals surface area contributed by atoms with Gasteiger partial charge in [0, 0.05) is 44.5 Å². The van der Waals surface area contributed by atoms with Gasteiger partial charge in [-0.25, -0.2) is 0 Å². The van der Waals surface area contributed by atoms with Crippen molar-refractivity contribution in [2.45, 2.75) is 13.3 Å². The Morgan fingerprint density at radius 2 is 1.83 bits per heavy atom. The minimum Gasteiger partial charge on any atom is -0.341 e. The zero-order chi connectivity index (χ0) is 17.1. The molecule has 0 atom stereocenters. The summed E-state index contributed by atoms with van der Waals surface area (Å²) in [5.74, 6) is -0.190. The second-order valence-corrected chi connectivity index (χ2v) is 5.78. The first-order chi connectivity index (χ1) is 11.6. The van der Waals surface area contributed by atoms with Gasteiger partial charge in [0.25, 0.3) is 5.91 Å². The van der Waals surface area contributed by atoms with Gasteiger partial charge >= 0.3 is 0 Å². The van der Waals surface area contributed by atoms with Crippen LogP contribution in [0.1, 0.15) is 27.6 Å². The molecule has 0 saturated carbocycles. The van der Waals surface area contributed by atoms with E-state index in [-0.39, 0.29) is 11.8 Å². The van der Waals surface area contributed by atoms with E-state index in [0.29, 0.717) is 12.1 Å². The van der Waals surface area contributed by atoms with Crippen molar-refractivity contribution in [3.63, 3.8) is 0 Å². The molecule has 0 spiro atoms. The van der Waals surface area contributed by atoms with E-state index < -0.39 is 0 Å². The second kappa shape index (κ2) is 6.66. The average molecular weight is 321 g/mol. The number of aromatic nitrogens is 2. The van der Waals surface area contributed by atoms with E-state index in [1.807, 2.05) is 36.4 Å². The number of pyridine rings is 1. The van der Waals surface area contributed by atoms with Crippen LogP contribution in [0.3, 0.4) is 0 Å². The Morgan fingerprint density at radius 3 is 2.54 bits per heavy atom. The van der Waals surface area contributed by atoms with Crippen LogP contribution in [0.15, 0.2) is 55.0 Å². The summed E-state index contributed by atoms with van der Waals surface area (Å²) >= 11 is 0. The van der Waals surface area contributed by atoms with Crippen LogP contribution in [0.5, 0.6) is 0 Å². The third kappa shape index (κ3) is 3.06. The summed E-state index contributed by atoms with van der Waals surface area (Å²) in [6.45, 7) is 2.09. The van der Waals surface area contributed by atoms with Gasteiger partial charge < -0.3 is 4.90 Å². The van der Waals surface area contributed by atoms with E-state index in [4.69, 9.17) is 0 Å². The smallest absolute Gasteiger partial charge is 0.255 e. The number of rotatable bonds is 4. The molecule has 24 heavy (non-hydrogen) atoms. The lowest BCUT2D eigenvalue weighted by Gasteiger charge is -2.16. The zero-order valence-corrected chi connectivity index (χ0v) is 13.8. The molecular weight excluding hydrogens is 302 g/mol. The fourth-order valence-electron chi connectivity index (χ4n) is 2.76. The molecule has 0 aliphatic heterocycles. The summed E-state index contributed by atoms with van der Waals surface area (Å²) in [5.41, 5.74) is 2.45. The fraction of sp³-hybridized carbons (Fsp3) is 0.211. The van der Waals surface area contributed by atoms with Gasteiger partial charge in [-0.2, -0.15) is 0 Å². The predicted octanol–water partition coefficient (Wildman–Crippen LogP) is 3.01. The highest BCUT2D eigenvalue weighted by Gasteiger charge is 2.19. The van der Waals surface area contributed by atoms with E-state index >= 15 is 0 Å². The van der Waals surface area contributed by atoms with Gasteiger partial charge in [-0.1, -0.05) is 18.2 Å². The molecule has 5 nitrogen and oxygen atoms in total. The third-order valence-electron chi connectivity index (χ3n) is 4.11. The maximum absolute atomic E-state index is 12.8. The molecule has 0 bridgehead atoms. The first-order valence-corrected chi connectivity index (χ1v) is 7.83. The van der Waals surface area contributed by atoms with Gasteiger partial charge in [-0.05, 0) is 30.2 Å². The van der Waals surface area contributed by atoms with Crippen molar-refractivity contribution in [2.75, 3.05) is 13.6 Å². The SMILES string of the molecule is CC(=O)n1cc(C(=O)N(C)CCc2ccncc2)c2ccccc21. The number of nitrogens with zero attached hydrogens (tertiary/aromatic N) is 3. The molecule has 0 saturated heterocycles. The van der Waals surface area contributed by atoms with Crippen molar-refractivity contribution in [1.82, 2.24) is 14.5 Å². The molecule has 2 heterocycles. The van der Waals surface area contributed by atoms with E-state index in [2.05, 4.69) is 4.98 Å². The summed E-state index contributed by atoms with van der Waals surface area (Å²) < 4.78 is 1.53. The molecule has 0 aliphatic rings. The molecule has 0 N–H and O–H groups in total. The molecule has 0 unspecified atom stereocenters. The monoisotopic (exact) mass is 321 g/mol. The number of para-hydroxylation sites is 1. The summed E-state index contributed by atoms with van der Waals surface area (Å²) in [6, 6.07) is 11.4. The molecule has 0 radical (unpaired) electrons. The minimum atomic E-state index is -0.107. The van der Waals surface area contributed by atoms with Crippen LogP contribution in [0.2, 0.25) is 0 Å². The summed E-state index contributed by atoms with van der Waals surface area (Å²) in [7, 11) is 1.78. The largest absolute Gasteiger partial charge is 0.341 e. The van der Waals surface area contributed by atoms with E-state index in [1.165, 1.54) is 11.5 Å². The molecule has 2 aromatic heterocycles. The van der Waals surface area contributed by atoms with Crippen LogP contribution in [-0.2, 0) is 6.42 Å². The quantitative estimate of drug-likeness (QED) is 0.742. The Hall–Kier alpha value is -2.95. The van der Waals surface area contributed by atoms with Gasteiger partial charge in [-0.15, -0.1) is 0 Å². The topological polar surface area (TPSA) is 55.2 Å². The average Bonchev–Trinajstić information content (AvgIpc) is 3.00. The highest BCUT2D eigenvalue weighted by atomic mass is 16.2. The highest BCUT2D eigenvalue weighted by Crippen LogP contribution is 2.22. The first-order valence-electron chi connectivity index (χ1n) is 7.83. The van der Waals surface area contributed by atoms with Crippen LogP contribution in [0.25, 0.3) is 10.9 Å². The standard InChI is InChI=1S/C19H19N3O2/c1-14(23)22-13-17(16-5-3-4-6-18(16)22)19(24)21(2)12-9-15-7-10-20-11-8-15/h3-8,10-11,13H,9,12H2,1-2H3. The van der Waals surface area contributed by atoms with Gasteiger partial charge in [0.15, 0.2) is 0 Å². The molecule has 122 valence electrons. The normalized spacial score (nSPS) is 10.8. The van der Waals surface area contributed by atoms with Crippen LogP contribution in [0, 0.1) is 0 Å². The Kier molecular flexibility index (Phi) is 4.42. The predicted molar refractivity (Wildman–Crippen MR) is 93.1 cm³/mol. The number of carbonyl (C=O) groups is 2. The molecular formula is C19H19N3O2. The number of benzene rings is 1.